The third-order valence-corrected chi connectivity index (χ3v) is 4.22. The maximum atomic E-state index is 13.8. The van der Waals surface area contributed by atoms with E-state index in [1.807, 2.05) is 6.92 Å². The molecule has 0 bridgehead atoms. The quantitative estimate of drug-likeness (QED) is 0.685. The van der Waals surface area contributed by atoms with Crippen LogP contribution in [0.3, 0.4) is 0 Å². The molecular formula is C21H19F2N3O3. The molecule has 0 saturated carbocycles. The van der Waals surface area contributed by atoms with Gasteiger partial charge in [0.2, 0.25) is 5.91 Å². The van der Waals surface area contributed by atoms with Crippen LogP contribution in [0, 0.1) is 11.6 Å². The lowest BCUT2D eigenvalue weighted by atomic mass is 10.1. The van der Waals surface area contributed by atoms with Crippen LogP contribution in [0.25, 0.3) is 11.3 Å². The van der Waals surface area contributed by atoms with Crippen LogP contribution >= 0.6 is 0 Å². The first-order chi connectivity index (χ1) is 13.9. The SMILES string of the molecule is CCOc1ccc(-c2ccc(=O)n(C(C)C(=O)Nc3ccc(F)cc3F)n2)cc1. The summed E-state index contributed by atoms with van der Waals surface area (Å²) < 4.78 is 33.2. The van der Waals surface area contributed by atoms with Crippen molar-refractivity contribution in [3.8, 4) is 17.0 Å². The van der Waals surface area contributed by atoms with Crippen molar-refractivity contribution in [2.75, 3.05) is 11.9 Å². The highest BCUT2D eigenvalue weighted by Crippen LogP contribution is 2.21. The minimum Gasteiger partial charge on any atom is -0.494 e. The summed E-state index contributed by atoms with van der Waals surface area (Å²) in [6.45, 7) is 3.90. The molecule has 1 heterocycles. The molecule has 0 aliphatic heterocycles. The molecular weight excluding hydrogens is 380 g/mol. The van der Waals surface area contributed by atoms with Crippen LogP contribution in [0.5, 0.6) is 5.75 Å². The fourth-order valence-electron chi connectivity index (χ4n) is 2.68. The third kappa shape index (κ3) is 4.66. The maximum Gasteiger partial charge on any atom is 0.267 e. The van der Waals surface area contributed by atoms with Crippen molar-refractivity contribution in [2.24, 2.45) is 0 Å². The Hall–Kier alpha value is -3.55. The summed E-state index contributed by atoms with van der Waals surface area (Å²) in [6, 6.07) is 11.8. The standard InChI is InChI=1S/C21H19F2N3O3/c1-3-29-16-7-4-14(5-8-16)18-10-11-20(27)26(25-18)13(2)21(28)24-19-9-6-15(22)12-17(19)23/h4-13H,3H2,1-2H3,(H,24,28). The molecule has 0 aliphatic carbocycles. The Balaban J connectivity index is 1.84. The summed E-state index contributed by atoms with van der Waals surface area (Å²) >= 11 is 0. The summed E-state index contributed by atoms with van der Waals surface area (Å²) in [5.41, 5.74) is 0.556. The summed E-state index contributed by atoms with van der Waals surface area (Å²) in [5.74, 6) is -1.61. The number of nitrogens with one attached hydrogen (secondary N) is 1. The van der Waals surface area contributed by atoms with Gasteiger partial charge in [-0.25, -0.2) is 13.5 Å². The van der Waals surface area contributed by atoms with E-state index in [-0.39, 0.29) is 5.69 Å². The molecule has 3 rings (SSSR count). The number of nitrogens with zero attached hydrogens (tertiary/aromatic N) is 2. The first kappa shape index (κ1) is 20.2. The number of hydrogen-bond donors (Lipinski definition) is 1. The predicted octanol–water partition coefficient (Wildman–Crippen LogP) is 3.79. The van der Waals surface area contributed by atoms with Crippen LogP contribution in [-0.2, 0) is 4.79 Å². The van der Waals surface area contributed by atoms with Crippen LogP contribution in [0.4, 0.5) is 14.5 Å². The van der Waals surface area contributed by atoms with E-state index >= 15 is 0 Å². The first-order valence-electron chi connectivity index (χ1n) is 8.98. The predicted molar refractivity (Wildman–Crippen MR) is 105 cm³/mol. The highest BCUT2D eigenvalue weighted by Gasteiger charge is 2.19. The molecule has 0 aliphatic rings. The Morgan fingerprint density at radius 1 is 1.14 bits per heavy atom. The van der Waals surface area contributed by atoms with E-state index < -0.39 is 29.1 Å². The van der Waals surface area contributed by atoms with Gasteiger partial charge in [0.15, 0.2) is 0 Å². The summed E-state index contributed by atoms with van der Waals surface area (Å²) in [4.78, 5) is 24.7. The maximum absolute atomic E-state index is 13.8. The van der Waals surface area contributed by atoms with Gasteiger partial charge in [0.05, 0.1) is 18.0 Å². The Morgan fingerprint density at radius 2 is 1.86 bits per heavy atom. The lowest BCUT2D eigenvalue weighted by Crippen LogP contribution is -2.33. The highest BCUT2D eigenvalue weighted by molar-refractivity contribution is 5.93. The van der Waals surface area contributed by atoms with Crippen molar-refractivity contribution < 1.29 is 18.3 Å². The van der Waals surface area contributed by atoms with Crippen LogP contribution in [-0.4, -0.2) is 22.3 Å². The second kappa shape index (κ2) is 8.64. The van der Waals surface area contributed by atoms with Gasteiger partial charge in [-0.05, 0) is 56.3 Å². The molecule has 29 heavy (non-hydrogen) atoms. The third-order valence-electron chi connectivity index (χ3n) is 4.22. The molecule has 3 aromatic rings. The molecule has 8 heteroatoms. The molecule has 0 saturated heterocycles. The number of anilines is 1. The molecule has 1 atom stereocenters. The highest BCUT2D eigenvalue weighted by atomic mass is 19.1. The Morgan fingerprint density at radius 3 is 2.52 bits per heavy atom. The van der Waals surface area contributed by atoms with E-state index in [2.05, 4.69) is 10.4 Å². The van der Waals surface area contributed by atoms with E-state index in [0.717, 1.165) is 22.4 Å². The van der Waals surface area contributed by atoms with Crippen LogP contribution in [0.2, 0.25) is 0 Å². The van der Waals surface area contributed by atoms with Crippen LogP contribution < -0.4 is 15.6 Å². The minimum absolute atomic E-state index is 0.182. The largest absolute Gasteiger partial charge is 0.494 e. The topological polar surface area (TPSA) is 73.2 Å². The molecule has 1 amide bonds. The van der Waals surface area contributed by atoms with E-state index in [1.165, 1.54) is 13.0 Å². The fraction of sp³-hybridized carbons (Fsp3) is 0.190. The average Bonchev–Trinajstić information content (AvgIpc) is 2.71. The molecule has 6 nitrogen and oxygen atoms in total. The molecule has 1 unspecified atom stereocenters. The van der Waals surface area contributed by atoms with Crippen LogP contribution in [0.15, 0.2) is 59.4 Å². The fourth-order valence-corrected chi connectivity index (χ4v) is 2.68. The van der Waals surface area contributed by atoms with Gasteiger partial charge >= 0.3 is 0 Å². The van der Waals surface area contributed by atoms with Crippen molar-refractivity contribution in [1.82, 2.24) is 9.78 Å². The van der Waals surface area contributed by atoms with Gasteiger partial charge in [-0.3, -0.25) is 9.59 Å². The van der Waals surface area contributed by atoms with Gasteiger partial charge in [0.1, 0.15) is 23.4 Å². The van der Waals surface area contributed by atoms with Crippen molar-refractivity contribution in [2.45, 2.75) is 19.9 Å². The molecule has 2 aromatic carbocycles. The number of rotatable bonds is 6. The zero-order valence-corrected chi connectivity index (χ0v) is 15.9. The molecule has 0 radical (unpaired) electrons. The summed E-state index contributed by atoms with van der Waals surface area (Å²) in [5, 5.41) is 6.61. The van der Waals surface area contributed by atoms with E-state index in [1.54, 1.807) is 30.3 Å². The van der Waals surface area contributed by atoms with Gasteiger partial charge in [0.25, 0.3) is 5.56 Å². The number of hydrogen-bond acceptors (Lipinski definition) is 4. The van der Waals surface area contributed by atoms with Crippen molar-refractivity contribution in [1.29, 1.82) is 0 Å². The van der Waals surface area contributed by atoms with Gasteiger partial charge in [-0.15, -0.1) is 0 Å². The van der Waals surface area contributed by atoms with E-state index in [4.69, 9.17) is 4.74 Å². The Labute approximate surface area is 165 Å². The molecule has 1 aromatic heterocycles. The smallest absolute Gasteiger partial charge is 0.267 e. The lowest BCUT2D eigenvalue weighted by Gasteiger charge is -2.15. The molecule has 0 spiro atoms. The number of halogens is 2. The zero-order valence-electron chi connectivity index (χ0n) is 15.9. The lowest BCUT2D eigenvalue weighted by molar-refractivity contribution is -0.119. The van der Waals surface area contributed by atoms with Crippen molar-refractivity contribution in [3.05, 3.63) is 76.6 Å². The number of aromatic nitrogens is 2. The number of ether oxygens (including phenoxy) is 1. The zero-order chi connectivity index (χ0) is 21.0. The first-order valence-corrected chi connectivity index (χ1v) is 8.98. The second-order valence-corrected chi connectivity index (χ2v) is 6.25. The summed E-state index contributed by atoms with van der Waals surface area (Å²) in [6.07, 6.45) is 0. The Kier molecular flexibility index (Phi) is 6.01. The minimum atomic E-state index is -1.02. The normalized spacial score (nSPS) is 11.7. The van der Waals surface area contributed by atoms with Crippen molar-refractivity contribution >= 4 is 11.6 Å². The van der Waals surface area contributed by atoms with Crippen LogP contribution in [0.1, 0.15) is 19.9 Å². The number of carbonyl (C=O) groups is 1. The number of carbonyl (C=O) groups excluding carboxylic acids is 1. The molecule has 1 N–H and O–H groups in total. The molecule has 150 valence electrons. The number of benzene rings is 2. The Bertz CT molecular complexity index is 1080. The van der Waals surface area contributed by atoms with E-state index in [0.29, 0.717) is 24.1 Å². The van der Waals surface area contributed by atoms with Gasteiger partial charge in [0, 0.05) is 17.7 Å². The van der Waals surface area contributed by atoms with Gasteiger partial charge in [-0.1, -0.05) is 0 Å². The summed E-state index contributed by atoms with van der Waals surface area (Å²) in [7, 11) is 0. The average molecular weight is 399 g/mol. The second-order valence-electron chi connectivity index (χ2n) is 6.25. The molecule has 0 fully saturated rings. The van der Waals surface area contributed by atoms with Gasteiger partial charge < -0.3 is 10.1 Å². The van der Waals surface area contributed by atoms with E-state index in [9.17, 15) is 18.4 Å². The van der Waals surface area contributed by atoms with Gasteiger partial charge in [-0.2, -0.15) is 5.10 Å². The van der Waals surface area contributed by atoms with Crippen molar-refractivity contribution in [3.63, 3.8) is 0 Å². The number of amides is 1. The monoisotopic (exact) mass is 399 g/mol.